The maximum Gasteiger partial charge on any atom is 0.247 e. The van der Waals surface area contributed by atoms with Crippen molar-refractivity contribution in [1.82, 2.24) is 19.8 Å². The fourth-order valence-electron chi connectivity index (χ4n) is 4.22. The maximum absolute atomic E-state index is 13.1. The lowest BCUT2D eigenvalue weighted by atomic mass is 10.0. The Kier molecular flexibility index (Phi) is 8.45. The molecule has 0 radical (unpaired) electrons. The number of benzene rings is 1. The van der Waals surface area contributed by atoms with Crippen LogP contribution in [0.4, 0.5) is 5.69 Å². The van der Waals surface area contributed by atoms with E-state index in [1.807, 2.05) is 0 Å². The van der Waals surface area contributed by atoms with Crippen LogP contribution in [0.15, 0.2) is 59.6 Å². The third kappa shape index (κ3) is 6.63. The van der Waals surface area contributed by atoms with Crippen LogP contribution in [-0.2, 0) is 21.2 Å². The number of hydrogen-bond acceptors (Lipinski definition) is 8. The number of aromatic nitrogens is 2. The molecule has 4 rings (SSSR count). The van der Waals surface area contributed by atoms with E-state index in [2.05, 4.69) is 56.0 Å². The number of anilines is 1. The Morgan fingerprint density at radius 2 is 1.77 bits per heavy atom. The zero-order valence-corrected chi connectivity index (χ0v) is 20.9. The molecule has 2 aromatic heterocycles. The average Bonchev–Trinajstić information content (AvgIpc) is 3.43. The van der Waals surface area contributed by atoms with Crippen LogP contribution < -0.4 is 10.4 Å². The lowest BCUT2D eigenvalue weighted by Crippen LogP contribution is -2.50. The molecule has 35 heavy (non-hydrogen) atoms. The molecule has 0 saturated carbocycles. The number of piperazine rings is 1. The molecule has 1 unspecified atom stereocenters. The van der Waals surface area contributed by atoms with Crippen LogP contribution >= 0.6 is 11.3 Å². The van der Waals surface area contributed by atoms with Crippen LogP contribution in [0.3, 0.4) is 0 Å². The molecule has 2 N–H and O–H groups in total. The molecule has 0 spiro atoms. The van der Waals surface area contributed by atoms with Crippen molar-refractivity contribution in [2.45, 2.75) is 19.3 Å². The van der Waals surface area contributed by atoms with E-state index in [1.165, 1.54) is 9.87 Å². The molecule has 186 valence electrons. The van der Waals surface area contributed by atoms with E-state index in [9.17, 15) is 13.2 Å². The molecule has 9 nitrogen and oxygen atoms in total. The van der Waals surface area contributed by atoms with Gasteiger partial charge in [0, 0.05) is 50.7 Å². The standard InChI is InChI=1S/C24H29N5O4S2/c30-24(27-31)21(3-1-4-23-25-10-2-11-26-23)18-35(32,33)29-14-12-28(13-15-29)22-7-5-19(6-8-22)20-9-16-34-17-20/h2,5-11,16-17,21,31H,1,3-4,12-15,18H2,(H,27,30). The van der Waals surface area contributed by atoms with Gasteiger partial charge in [0.05, 0.1) is 11.7 Å². The second kappa shape index (κ2) is 11.7. The van der Waals surface area contributed by atoms with Crippen molar-refractivity contribution >= 4 is 33.0 Å². The number of aryl methyl sites for hydroxylation is 1. The van der Waals surface area contributed by atoms with E-state index in [0.717, 1.165) is 11.3 Å². The molecule has 1 aliphatic heterocycles. The number of hydrogen-bond donors (Lipinski definition) is 2. The van der Waals surface area contributed by atoms with Gasteiger partial charge in [0.2, 0.25) is 15.9 Å². The van der Waals surface area contributed by atoms with E-state index in [1.54, 1.807) is 35.3 Å². The van der Waals surface area contributed by atoms with Gasteiger partial charge in [0.15, 0.2) is 0 Å². The normalized spacial score (nSPS) is 15.6. The van der Waals surface area contributed by atoms with Gasteiger partial charge < -0.3 is 4.90 Å². The highest BCUT2D eigenvalue weighted by molar-refractivity contribution is 7.89. The lowest BCUT2D eigenvalue weighted by molar-refractivity contribution is -0.132. The highest BCUT2D eigenvalue weighted by Crippen LogP contribution is 2.26. The van der Waals surface area contributed by atoms with Crippen molar-refractivity contribution in [3.05, 3.63) is 65.4 Å². The number of nitrogens with one attached hydrogen (secondary N) is 1. The first-order chi connectivity index (χ1) is 17.0. The predicted octanol–water partition coefficient (Wildman–Crippen LogP) is 2.80. The van der Waals surface area contributed by atoms with Crippen molar-refractivity contribution in [2.75, 3.05) is 36.8 Å². The first kappa shape index (κ1) is 25.2. The quantitative estimate of drug-likeness (QED) is 0.315. The Morgan fingerprint density at radius 1 is 1.06 bits per heavy atom. The SMILES string of the molecule is O=C(NO)C(CCCc1ncccn1)CS(=O)(=O)N1CCN(c2ccc(-c3ccsc3)cc2)CC1. The van der Waals surface area contributed by atoms with Gasteiger partial charge in [-0.15, -0.1) is 0 Å². The number of rotatable bonds is 10. The average molecular weight is 516 g/mol. The topological polar surface area (TPSA) is 116 Å². The molecule has 1 amide bonds. The summed E-state index contributed by atoms with van der Waals surface area (Å²) in [5.41, 5.74) is 5.02. The van der Waals surface area contributed by atoms with E-state index >= 15 is 0 Å². The van der Waals surface area contributed by atoms with Crippen LogP contribution in [0.25, 0.3) is 11.1 Å². The minimum absolute atomic E-state index is 0.306. The van der Waals surface area contributed by atoms with Crippen molar-refractivity contribution in [3.8, 4) is 11.1 Å². The fourth-order valence-corrected chi connectivity index (χ4v) is 6.65. The van der Waals surface area contributed by atoms with Crippen molar-refractivity contribution in [2.24, 2.45) is 5.92 Å². The number of nitrogens with zero attached hydrogens (tertiary/aromatic N) is 4. The summed E-state index contributed by atoms with van der Waals surface area (Å²) in [5, 5.41) is 13.3. The van der Waals surface area contributed by atoms with Crippen molar-refractivity contribution in [3.63, 3.8) is 0 Å². The summed E-state index contributed by atoms with van der Waals surface area (Å²) in [5.74, 6) is -1.24. The summed E-state index contributed by atoms with van der Waals surface area (Å²) < 4.78 is 27.6. The van der Waals surface area contributed by atoms with Gasteiger partial charge in [-0.3, -0.25) is 10.0 Å². The number of carbonyl (C=O) groups excluding carboxylic acids is 1. The largest absolute Gasteiger partial charge is 0.369 e. The second-order valence-electron chi connectivity index (χ2n) is 8.45. The van der Waals surface area contributed by atoms with E-state index in [0.29, 0.717) is 51.3 Å². The summed E-state index contributed by atoms with van der Waals surface area (Å²) in [6, 6.07) is 12.1. The second-order valence-corrected chi connectivity index (χ2v) is 11.2. The van der Waals surface area contributed by atoms with Gasteiger partial charge in [-0.25, -0.2) is 23.9 Å². The van der Waals surface area contributed by atoms with Crippen LogP contribution in [0.1, 0.15) is 18.7 Å². The van der Waals surface area contributed by atoms with Crippen LogP contribution in [-0.4, -0.2) is 65.7 Å². The van der Waals surface area contributed by atoms with Gasteiger partial charge in [-0.1, -0.05) is 12.1 Å². The minimum Gasteiger partial charge on any atom is -0.369 e. The Bertz CT molecular complexity index is 1180. The molecule has 3 heterocycles. The van der Waals surface area contributed by atoms with E-state index < -0.39 is 21.8 Å². The van der Waals surface area contributed by atoms with Gasteiger partial charge in [0.25, 0.3) is 0 Å². The molecule has 1 aliphatic rings. The van der Waals surface area contributed by atoms with Crippen molar-refractivity contribution in [1.29, 1.82) is 0 Å². The Hall–Kier alpha value is -2.86. The van der Waals surface area contributed by atoms with Crippen LogP contribution in [0.5, 0.6) is 0 Å². The summed E-state index contributed by atoms with van der Waals surface area (Å²) in [6.45, 7) is 1.83. The third-order valence-electron chi connectivity index (χ3n) is 6.18. The Balaban J connectivity index is 1.31. The summed E-state index contributed by atoms with van der Waals surface area (Å²) >= 11 is 1.66. The third-order valence-corrected chi connectivity index (χ3v) is 8.84. The molecule has 1 fully saturated rings. The fraction of sp³-hybridized carbons (Fsp3) is 0.375. The van der Waals surface area contributed by atoms with Gasteiger partial charge in [-0.2, -0.15) is 15.6 Å². The zero-order chi connectivity index (χ0) is 24.7. The zero-order valence-electron chi connectivity index (χ0n) is 19.3. The first-order valence-electron chi connectivity index (χ1n) is 11.5. The lowest BCUT2D eigenvalue weighted by Gasteiger charge is -2.36. The molecular weight excluding hydrogens is 486 g/mol. The predicted molar refractivity (Wildman–Crippen MR) is 136 cm³/mol. The number of carbonyl (C=O) groups is 1. The van der Waals surface area contributed by atoms with Gasteiger partial charge in [-0.05, 0) is 59.0 Å². The maximum atomic E-state index is 13.1. The molecule has 0 bridgehead atoms. The van der Waals surface area contributed by atoms with Crippen molar-refractivity contribution < 1.29 is 18.4 Å². The number of thiophene rings is 1. The number of amides is 1. The minimum atomic E-state index is -3.67. The van der Waals surface area contributed by atoms with E-state index in [4.69, 9.17) is 5.21 Å². The molecule has 0 aliphatic carbocycles. The molecule has 11 heteroatoms. The summed E-state index contributed by atoms with van der Waals surface area (Å²) in [7, 11) is -3.67. The Morgan fingerprint density at radius 3 is 2.40 bits per heavy atom. The first-order valence-corrected chi connectivity index (χ1v) is 14.1. The molecule has 3 aromatic rings. The summed E-state index contributed by atoms with van der Waals surface area (Å²) in [4.78, 5) is 22.6. The van der Waals surface area contributed by atoms with Gasteiger partial charge in [0.1, 0.15) is 5.82 Å². The number of sulfonamides is 1. The molecule has 1 atom stereocenters. The smallest absolute Gasteiger partial charge is 0.247 e. The molecular formula is C24H29N5O4S2. The molecule has 1 saturated heterocycles. The van der Waals surface area contributed by atoms with Crippen LogP contribution in [0, 0.1) is 5.92 Å². The highest BCUT2D eigenvalue weighted by Gasteiger charge is 2.32. The van der Waals surface area contributed by atoms with Gasteiger partial charge >= 0.3 is 0 Å². The highest BCUT2D eigenvalue weighted by atomic mass is 32.2. The monoisotopic (exact) mass is 515 g/mol. The van der Waals surface area contributed by atoms with Crippen LogP contribution in [0.2, 0.25) is 0 Å². The molecule has 1 aromatic carbocycles. The number of hydroxylamine groups is 1. The van der Waals surface area contributed by atoms with E-state index in [-0.39, 0.29) is 5.75 Å². The summed E-state index contributed by atoms with van der Waals surface area (Å²) in [6.07, 6.45) is 4.65. The Labute approximate surface area is 209 Å².